The summed E-state index contributed by atoms with van der Waals surface area (Å²) in [5.41, 5.74) is -0.389. The van der Waals surface area contributed by atoms with Gasteiger partial charge in [0, 0.05) is 18.6 Å². The van der Waals surface area contributed by atoms with E-state index in [1.54, 1.807) is 4.90 Å². The first kappa shape index (κ1) is 16.5. The number of allylic oxidation sites excluding steroid dienone is 1. The van der Waals surface area contributed by atoms with E-state index in [0.717, 1.165) is 6.42 Å². The minimum absolute atomic E-state index is 0.0421. The molecule has 0 bridgehead atoms. The van der Waals surface area contributed by atoms with E-state index in [2.05, 4.69) is 5.32 Å². The number of carbonyl (C=O) groups excluding carboxylic acids is 1. The molecule has 0 spiro atoms. The number of urea groups is 1. The number of aliphatic carboxylic acids is 1. The van der Waals surface area contributed by atoms with Crippen LogP contribution >= 0.6 is 0 Å². The molecule has 104 valence electrons. The predicted octanol–water partition coefficient (Wildman–Crippen LogP) is 2.24. The van der Waals surface area contributed by atoms with Gasteiger partial charge in [0.2, 0.25) is 0 Å². The summed E-state index contributed by atoms with van der Waals surface area (Å²) in [7, 11) is 0. The summed E-state index contributed by atoms with van der Waals surface area (Å²) in [4.78, 5) is 24.1. The van der Waals surface area contributed by atoms with Crippen molar-refractivity contribution in [2.45, 2.75) is 46.1 Å². The Balaban J connectivity index is 4.37. The first-order chi connectivity index (χ1) is 8.29. The lowest BCUT2D eigenvalue weighted by Gasteiger charge is -2.35. The molecule has 2 amide bonds. The summed E-state index contributed by atoms with van der Waals surface area (Å²) in [5.74, 6) is -0.897. The zero-order valence-electron chi connectivity index (χ0n) is 11.7. The molecule has 0 radical (unpaired) electrons. The third-order valence-corrected chi connectivity index (χ3v) is 2.43. The van der Waals surface area contributed by atoms with Gasteiger partial charge >= 0.3 is 12.0 Å². The van der Waals surface area contributed by atoms with Crippen molar-refractivity contribution in [3.05, 3.63) is 12.2 Å². The highest BCUT2D eigenvalue weighted by atomic mass is 16.4. The van der Waals surface area contributed by atoms with Crippen LogP contribution in [0, 0.1) is 0 Å². The van der Waals surface area contributed by atoms with Crippen LogP contribution in [-0.4, -0.2) is 40.6 Å². The van der Waals surface area contributed by atoms with E-state index in [-0.39, 0.29) is 24.5 Å². The van der Waals surface area contributed by atoms with Crippen molar-refractivity contribution in [3.63, 3.8) is 0 Å². The number of hydrogen-bond donors (Lipinski definition) is 2. The molecule has 0 heterocycles. The van der Waals surface area contributed by atoms with E-state index >= 15 is 0 Å². The lowest BCUT2D eigenvalue weighted by atomic mass is 10.1. The largest absolute Gasteiger partial charge is 0.481 e. The third kappa shape index (κ3) is 6.93. The number of hydrogen-bond acceptors (Lipinski definition) is 2. The SMILES string of the molecule is C/C=C/CCNC(=O)N(CCC(=O)O)C(C)(C)C. The van der Waals surface area contributed by atoms with E-state index in [1.165, 1.54) is 0 Å². The van der Waals surface area contributed by atoms with Crippen molar-refractivity contribution in [3.8, 4) is 0 Å². The Bertz CT molecular complexity index is 306. The molecule has 0 saturated carbocycles. The average Bonchev–Trinajstić information content (AvgIpc) is 2.22. The molecule has 0 saturated heterocycles. The number of carboxylic acids is 1. The number of amides is 2. The van der Waals surface area contributed by atoms with Crippen LogP contribution in [0.2, 0.25) is 0 Å². The van der Waals surface area contributed by atoms with Gasteiger partial charge in [0.25, 0.3) is 0 Å². The summed E-state index contributed by atoms with van der Waals surface area (Å²) in [5, 5.41) is 11.5. The second-order valence-electron chi connectivity index (χ2n) is 5.06. The zero-order valence-corrected chi connectivity index (χ0v) is 11.7. The Morgan fingerprint density at radius 2 is 1.94 bits per heavy atom. The van der Waals surface area contributed by atoms with Crippen molar-refractivity contribution in [2.75, 3.05) is 13.1 Å². The summed E-state index contributed by atoms with van der Waals surface area (Å²) in [6.07, 6.45) is 4.63. The van der Waals surface area contributed by atoms with Gasteiger partial charge in [-0.2, -0.15) is 0 Å². The van der Waals surface area contributed by atoms with Gasteiger partial charge in [-0.25, -0.2) is 4.79 Å². The lowest BCUT2D eigenvalue weighted by molar-refractivity contribution is -0.137. The minimum atomic E-state index is -0.897. The lowest BCUT2D eigenvalue weighted by Crippen LogP contribution is -2.51. The van der Waals surface area contributed by atoms with E-state index in [1.807, 2.05) is 39.8 Å². The molecular weight excluding hydrogens is 232 g/mol. The smallest absolute Gasteiger partial charge is 0.317 e. The second kappa shape index (κ2) is 7.74. The average molecular weight is 256 g/mol. The number of carboxylic acid groups (broad SMARTS) is 1. The molecule has 0 aliphatic heterocycles. The molecule has 18 heavy (non-hydrogen) atoms. The number of rotatable bonds is 6. The van der Waals surface area contributed by atoms with Crippen LogP contribution in [0.25, 0.3) is 0 Å². The van der Waals surface area contributed by atoms with Crippen LogP contribution in [0.3, 0.4) is 0 Å². The predicted molar refractivity (Wildman–Crippen MR) is 71.5 cm³/mol. The molecule has 0 rings (SSSR count). The third-order valence-electron chi connectivity index (χ3n) is 2.43. The first-order valence-electron chi connectivity index (χ1n) is 6.17. The topological polar surface area (TPSA) is 69.6 Å². The van der Waals surface area contributed by atoms with Crippen molar-refractivity contribution in [1.29, 1.82) is 0 Å². The van der Waals surface area contributed by atoms with Gasteiger partial charge in [-0.15, -0.1) is 0 Å². The van der Waals surface area contributed by atoms with Gasteiger partial charge in [-0.1, -0.05) is 12.2 Å². The molecule has 0 aliphatic rings. The Hall–Kier alpha value is -1.52. The summed E-state index contributed by atoms with van der Waals surface area (Å²) in [6.45, 7) is 8.37. The number of carbonyl (C=O) groups is 2. The fraction of sp³-hybridized carbons (Fsp3) is 0.692. The molecule has 0 aliphatic carbocycles. The van der Waals surface area contributed by atoms with Crippen molar-refractivity contribution in [1.82, 2.24) is 10.2 Å². The Labute approximate surface area is 109 Å². The van der Waals surface area contributed by atoms with Gasteiger partial charge < -0.3 is 15.3 Å². The molecular formula is C13H24N2O3. The summed E-state index contributed by atoms with van der Waals surface area (Å²) < 4.78 is 0. The normalized spacial score (nSPS) is 11.6. The molecule has 0 fully saturated rings. The van der Waals surface area contributed by atoms with E-state index < -0.39 is 5.97 Å². The van der Waals surface area contributed by atoms with Crippen molar-refractivity contribution < 1.29 is 14.7 Å². The Morgan fingerprint density at radius 3 is 2.39 bits per heavy atom. The van der Waals surface area contributed by atoms with Gasteiger partial charge in [-0.3, -0.25) is 4.79 Å². The van der Waals surface area contributed by atoms with Gasteiger partial charge in [0.15, 0.2) is 0 Å². The highest BCUT2D eigenvalue weighted by Crippen LogP contribution is 2.13. The number of nitrogens with one attached hydrogen (secondary N) is 1. The van der Waals surface area contributed by atoms with Gasteiger partial charge in [0.05, 0.1) is 6.42 Å². The monoisotopic (exact) mass is 256 g/mol. The van der Waals surface area contributed by atoms with E-state index in [0.29, 0.717) is 6.54 Å². The molecule has 0 atom stereocenters. The highest BCUT2D eigenvalue weighted by Gasteiger charge is 2.26. The van der Waals surface area contributed by atoms with Crippen LogP contribution in [0.5, 0.6) is 0 Å². The molecule has 5 nitrogen and oxygen atoms in total. The molecule has 0 aromatic heterocycles. The van der Waals surface area contributed by atoms with Gasteiger partial charge in [0.1, 0.15) is 0 Å². The minimum Gasteiger partial charge on any atom is -0.481 e. The van der Waals surface area contributed by atoms with Gasteiger partial charge in [-0.05, 0) is 34.1 Å². The standard InChI is InChI=1S/C13H24N2O3/c1-5-6-7-9-14-12(18)15(13(2,3)4)10-8-11(16)17/h5-6H,7-10H2,1-4H3,(H,14,18)(H,16,17)/b6-5+. The van der Waals surface area contributed by atoms with Crippen LogP contribution in [0.1, 0.15) is 40.5 Å². The fourth-order valence-corrected chi connectivity index (χ4v) is 1.47. The van der Waals surface area contributed by atoms with Crippen LogP contribution < -0.4 is 5.32 Å². The Morgan fingerprint density at radius 1 is 1.33 bits per heavy atom. The molecule has 2 N–H and O–H groups in total. The molecule has 0 unspecified atom stereocenters. The second-order valence-corrected chi connectivity index (χ2v) is 5.06. The summed E-state index contributed by atoms with van der Waals surface area (Å²) >= 11 is 0. The fourth-order valence-electron chi connectivity index (χ4n) is 1.47. The molecule has 0 aromatic carbocycles. The van der Waals surface area contributed by atoms with Crippen molar-refractivity contribution in [2.24, 2.45) is 0 Å². The maximum Gasteiger partial charge on any atom is 0.317 e. The quantitative estimate of drug-likeness (QED) is 0.565. The van der Waals surface area contributed by atoms with E-state index in [4.69, 9.17) is 5.11 Å². The maximum atomic E-state index is 12.0. The Kier molecular flexibility index (Phi) is 7.08. The first-order valence-corrected chi connectivity index (χ1v) is 6.17. The maximum absolute atomic E-state index is 12.0. The van der Waals surface area contributed by atoms with E-state index in [9.17, 15) is 9.59 Å². The van der Waals surface area contributed by atoms with Crippen LogP contribution in [0.15, 0.2) is 12.2 Å². The van der Waals surface area contributed by atoms with Crippen LogP contribution in [-0.2, 0) is 4.79 Å². The number of nitrogens with zero attached hydrogens (tertiary/aromatic N) is 1. The molecule has 0 aromatic rings. The zero-order chi connectivity index (χ0) is 14.2. The summed E-state index contributed by atoms with van der Waals surface area (Å²) in [6, 6.07) is -0.215. The molecule has 5 heteroatoms. The van der Waals surface area contributed by atoms with Crippen LogP contribution in [0.4, 0.5) is 4.79 Å². The van der Waals surface area contributed by atoms with Crippen molar-refractivity contribution >= 4 is 12.0 Å². The highest BCUT2D eigenvalue weighted by molar-refractivity contribution is 5.76.